The van der Waals surface area contributed by atoms with Gasteiger partial charge in [-0.25, -0.2) is 0 Å². The predicted octanol–water partition coefficient (Wildman–Crippen LogP) is 3.15. The van der Waals surface area contributed by atoms with Crippen molar-refractivity contribution in [1.29, 1.82) is 0 Å². The Morgan fingerprint density at radius 3 is 2.45 bits per heavy atom. The summed E-state index contributed by atoms with van der Waals surface area (Å²) in [5, 5.41) is 3.42. The first-order valence-electron chi connectivity index (χ1n) is 8.64. The van der Waals surface area contributed by atoms with Gasteiger partial charge in [0.25, 0.3) is 5.91 Å². The van der Waals surface area contributed by atoms with E-state index >= 15 is 0 Å². The van der Waals surface area contributed by atoms with Crippen LogP contribution in [-0.2, 0) is 0 Å². The van der Waals surface area contributed by atoms with Gasteiger partial charge in [-0.15, -0.1) is 0 Å². The van der Waals surface area contributed by atoms with Crippen LogP contribution in [0.3, 0.4) is 0 Å². The third-order valence-electron chi connectivity index (χ3n) is 4.82. The first-order chi connectivity index (χ1) is 10.5. The number of amides is 1. The lowest BCUT2D eigenvalue weighted by atomic mass is 9.96. The van der Waals surface area contributed by atoms with E-state index in [9.17, 15) is 4.79 Å². The molecule has 1 aliphatic heterocycles. The van der Waals surface area contributed by atoms with Gasteiger partial charge in [0.2, 0.25) is 0 Å². The molecule has 1 aromatic heterocycles. The summed E-state index contributed by atoms with van der Waals surface area (Å²) >= 11 is 0. The molecule has 1 amide bonds. The van der Waals surface area contributed by atoms with Crippen molar-refractivity contribution in [3.8, 4) is 0 Å². The van der Waals surface area contributed by atoms with Crippen molar-refractivity contribution in [2.75, 3.05) is 26.2 Å². The number of hydrogen-bond donors (Lipinski definition) is 1. The molecule has 22 heavy (non-hydrogen) atoms. The maximum absolute atomic E-state index is 12.8. The van der Waals surface area contributed by atoms with Crippen molar-refractivity contribution in [2.24, 2.45) is 5.92 Å². The number of rotatable bonds is 5. The van der Waals surface area contributed by atoms with E-state index in [0.717, 1.165) is 50.3 Å². The van der Waals surface area contributed by atoms with E-state index in [1.807, 2.05) is 4.90 Å². The molecule has 2 heterocycles. The topological polar surface area (TPSA) is 37.3 Å². The van der Waals surface area contributed by atoms with E-state index in [1.165, 1.54) is 5.69 Å². The van der Waals surface area contributed by atoms with Crippen LogP contribution in [0.15, 0.2) is 6.07 Å². The summed E-state index contributed by atoms with van der Waals surface area (Å²) in [5.41, 5.74) is 3.17. The average Bonchev–Trinajstić information content (AvgIpc) is 2.79. The number of nitrogens with zero attached hydrogens (tertiary/aromatic N) is 2. The number of aromatic nitrogens is 1. The lowest BCUT2D eigenvalue weighted by Crippen LogP contribution is -2.40. The van der Waals surface area contributed by atoms with Crippen LogP contribution >= 0.6 is 0 Å². The van der Waals surface area contributed by atoms with Crippen LogP contribution in [-0.4, -0.2) is 41.6 Å². The molecule has 0 bridgehead atoms. The number of carbonyl (C=O) groups excluding carboxylic acids is 1. The summed E-state index contributed by atoms with van der Waals surface area (Å²) in [5.74, 6) is 0.925. The third-order valence-corrected chi connectivity index (χ3v) is 4.82. The highest BCUT2D eigenvalue weighted by atomic mass is 16.2. The zero-order valence-corrected chi connectivity index (χ0v) is 14.8. The van der Waals surface area contributed by atoms with Gasteiger partial charge in [-0.2, -0.15) is 0 Å². The zero-order valence-electron chi connectivity index (χ0n) is 14.8. The summed E-state index contributed by atoms with van der Waals surface area (Å²) in [4.78, 5) is 14.9. The lowest BCUT2D eigenvalue weighted by molar-refractivity contribution is 0.0689. The van der Waals surface area contributed by atoms with E-state index in [2.05, 4.69) is 50.6 Å². The Hall–Kier alpha value is -1.29. The molecular weight excluding hydrogens is 274 g/mol. The normalized spacial score (nSPS) is 16.5. The number of aryl methyl sites for hydroxylation is 1. The second-order valence-corrected chi connectivity index (χ2v) is 6.79. The standard InChI is InChI=1S/C18H31N3O/c1-6-19-12-16-7-9-20(10-8-16)18(22)17-11-14(4)21(13(2)3)15(17)5/h11,13,16,19H,6-10,12H2,1-5H3. The maximum atomic E-state index is 12.8. The minimum atomic E-state index is 0.210. The van der Waals surface area contributed by atoms with Crippen molar-refractivity contribution in [3.05, 3.63) is 23.0 Å². The summed E-state index contributed by atoms with van der Waals surface area (Å²) in [6.45, 7) is 14.5. The number of piperidine rings is 1. The van der Waals surface area contributed by atoms with Gasteiger partial charge in [0, 0.05) is 30.5 Å². The predicted molar refractivity (Wildman–Crippen MR) is 91.5 cm³/mol. The van der Waals surface area contributed by atoms with Crippen LogP contribution in [0.5, 0.6) is 0 Å². The lowest BCUT2D eigenvalue weighted by Gasteiger charge is -2.32. The summed E-state index contributed by atoms with van der Waals surface area (Å²) in [6, 6.07) is 2.45. The highest BCUT2D eigenvalue weighted by Crippen LogP contribution is 2.24. The first-order valence-corrected chi connectivity index (χ1v) is 8.64. The molecule has 1 fully saturated rings. The minimum absolute atomic E-state index is 0.210. The van der Waals surface area contributed by atoms with Crippen molar-refractivity contribution in [2.45, 2.75) is 53.5 Å². The van der Waals surface area contributed by atoms with E-state index in [-0.39, 0.29) is 5.91 Å². The summed E-state index contributed by atoms with van der Waals surface area (Å²) < 4.78 is 2.26. The smallest absolute Gasteiger partial charge is 0.255 e. The monoisotopic (exact) mass is 305 g/mol. The Kier molecular flexibility index (Phi) is 5.68. The van der Waals surface area contributed by atoms with E-state index < -0.39 is 0 Å². The molecule has 1 saturated heterocycles. The SMILES string of the molecule is CCNCC1CCN(C(=O)c2cc(C)n(C(C)C)c2C)CC1. The second kappa shape index (κ2) is 7.32. The Bertz CT molecular complexity index is 511. The van der Waals surface area contributed by atoms with Crippen LogP contribution in [0.4, 0.5) is 0 Å². The van der Waals surface area contributed by atoms with Crippen molar-refractivity contribution < 1.29 is 4.79 Å². The van der Waals surface area contributed by atoms with Crippen molar-refractivity contribution in [1.82, 2.24) is 14.8 Å². The number of likely N-dealkylation sites (tertiary alicyclic amines) is 1. The van der Waals surface area contributed by atoms with Gasteiger partial charge < -0.3 is 14.8 Å². The Morgan fingerprint density at radius 1 is 1.32 bits per heavy atom. The largest absolute Gasteiger partial charge is 0.346 e. The van der Waals surface area contributed by atoms with Crippen LogP contribution in [0.1, 0.15) is 61.4 Å². The highest BCUT2D eigenvalue weighted by Gasteiger charge is 2.26. The Morgan fingerprint density at radius 2 is 1.95 bits per heavy atom. The van der Waals surface area contributed by atoms with Crippen LogP contribution < -0.4 is 5.32 Å². The molecule has 0 spiro atoms. The molecule has 0 aromatic carbocycles. The number of carbonyl (C=O) groups is 1. The van der Waals surface area contributed by atoms with Crippen molar-refractivity contribution in [3.63, 3.8) is 0 Å². The molecule has 1 aromatic rings. The second-order valence-electron chi connectivity index (χ2n) is 6.79. The van der Waals surface area contributed by atoms with Crippen LogP contribution in [0.25, 0.3) is 0 Å². The number of hydrogen-bond acceptors (Lipinski definition) is 2. The third kappa shape index (κ3) is 3.54. The first kappa shape index (κ1) is 17.1. The fourth-order valence-electron chi connectivity index (χ4n) is 3.65. The van der Waals surface area contributed by atoms with Gasteiger partial charge in [-0.1, -0.05) is 6.92 Å². The minimum Gasteiger partial charge on any atom is -0.346 e. The molecule has 1 N–H and O–H groups in total. The fourth-order valence-corrected chi connectivity index (χ4v) is 3.65. The molecule has 2 rings (SSSR count). The van der Waals surface area contributed by atoms with Gasteiger partial charge in [0.05, 0.1) is 5.56 Å². The zero-order chi connectivity index (χ0) is 16.3. The Balaban J connectivity index is 2.03. The van der Waals surface area contributed by atoms with Crippen molar-refractivity contribution >= 4 is 5.91 Å². The quantitative estimate of drug-likeness (QED) is 0.907. The van der Waals surface area contributed by atoms with Gasteiger partial charge in [-0.05, 0) is 65.6 Å². The van der Waals surface area contributed by atoms with E-state index in [0.29, 0.717) is 12.0 Å². The molecule has 0 unspecified atom stereocenters. The highest BCUT2D eigenvalue weighted by molar-refractivity contribution is 5.95. The molecule has 0 atom stereocenters. The van der Waals surface area contributed by atoms with Crippen LogP contribution in [0.2, 0.25) is 0 Å². The van der Waals surface area contributed by atoms with Gasteiger partial charge in [0.1, 0.15) is 0 Å². The molecular formula is C18H31N3O. The van der Waals surface area contributed by atoms with Gasteiger partial charge in [-0.3, -0.25) is 4.79 Å². The molecule has 124 valence electrons. The molecule has 0 radical (unpaired) electrons. The van der Waals surface area contributed by atoms with Crippen LogP contribution in [0, 0.1) is 19.8 Å². The number of nitrogens with one attached hydrogen (secondary N) is 1. The van der Waals surface area contributed by atoms with Gasteiger partial charge in [0.15, 0.2) is 0 Å². The maximum Gasteiger partial charge on any atom is 0.255 e. The van der Waals surface area contributed by atoms with E-state index in [4.69, 9.17) is 0 Å². The molecule has 0 aliphatic carbocycles. The molecule has 0 saturated carbocycles. The summed E-state index contributed by atoms with van der Waals surface area (Å²) in [6.07, 6.45) is 2.23. The average molecular weight is 305 g/mol. The molecule has 4 heteroatoms. The fraction of sp³-hybridized carbons (Fsp3) is 0.722. The van der Waals surface area contributed by atoms with E-state index in [1.54, 1.807) is 0 Å². The summed E-state index contributed by atoms with van der Waals surface area (Å²) in [7, 11) is 0. The van der Waals surface area contributed by atoms with Gasteiger partial charge >= 0.3 is 0 Å². The molecule has 1 aliphatic rings. The molecule has 4 nitrogen and oxygen atoms in total. The Labute approximate surface area is 134 Å².